The van der Waals surface area contributed by atoms with Crippen molar-refractivity contribution in [1.82, 2.24) is 4.90 Å². The topological polar surface area (TPSA) is 75.7 Å². The summed E-state index contributed by atoms with van der Waals surface area (Å²) in [4.78, 5) is 37.6. The number of piperidine rings is 1. The van der Waals surface area contributed by atoms with Crippen LogP contribution >= 0.6 is 0 Å². The molecule has 0 atom stereocenters. The quantitative estimate of drug-likeness (QED) is 0.679. The van der Waals surface area contributed by atoms with E-state index in [9.17, 15) is 14.4 Å². The molecule has 0 aliphatic carbocycles. The van der Waals surface area contributed by atoms with Gasteiger partial charge >= 0.3 is 17.8 Å². The lowest BCUT2D eigenvalue weighted by molar-refractivity contribution is -0.152. The van der Waals surface area contributed by atoms with Gasteiger partial charge in [0, 0.05) is 18.8 Å². The number of hydrogen-bond acceptors (Lipinski definition) is 4. The van der Waals surface area contributed by atoms with Crippen LogP contribution in [0.3, 0.4) is 0 Å². The Hall–Kier alpha value is -2.37. The van der Waals surface area contributed by atoms with E-state index in [2.05, 4.69) is 5.32 Å². The van der Waals surface area contributed by atoms with E-state index in [1.54, 1.807) is 13.0 Å². The van der Waals surface area contributed by atoms with Crippen LogP contribution in [0.4, 0.5) is 5.69 Å². The molecule has 1 aromatic rings. The summed E-state index contributed by atoms with van der Waals surface area (Å²) in [5.74, 6) is -1.61. The van der Waals surface area contributed by atoms with Crippen LogP contribution in [0.2, 0.25) is 0 Å². The lowest BCUT2D eigenvalue weighted by atomic mass is 9.97. The number of ether oxygens (including phenoxy) is 1. The minimum absolute atomic E-state index is 0.184. The average Bonchev–Trinajstić information content (AvgIpc) is 2.58. The molecule has 0 bridgehead atoms. The van der Waals surface area contributed by atoms with Gasteiger partial charge in [-0.2, -0.15) is 0 Å². The van der Waals surface area contributed by atoms with Crippen molar-refractivity contribution in [2.24, 2.45) is 5.92 Å². The molecule has 0 radical (unpaired) electrons. The van der Waals surface area contributed by atoms with Gasteiger partial charge < -0.3 is 15.0 Å². The summed E-state index contributed by atoms with van der Waals surface area (Å²) in [5.41, 5.74) is 2.79. The number of esters is 1. The maximum absolute atomic E-state index is 12.3. The summed E-state index contributed by atoms with van der Waals surface area (Å²) in [6, 6.07) is 5.52. The monoisotopic (exact) mass is 332 g/mol. The largest absolute Gasteiger partial charge is 0.466 e. The number of carbonyl (C=O) groups excluding carboxylic acids is 3. The lowest BCUT2D eigenvalue weighted by Gasteiger charge is -2.30. The highest BCUT2D eigenvalue weighted by atomic mass is 16.5. The molecule has 1 aliphatic heterocycles. The van der Waals surface area contributed by atoms with Gasteiger partial charge in [0.25, 0.3) is 0 Å². The Bertz CT molecular complexity index is 634. The van der Waals surface area contributed by atoms with Crippen LogP contribution in [-0.2, 0) is 19.1 Å². The Labute approximate surface area is 142 Å². The molecular weight excluding hydrogens is 308 g/mol. The van der Waals surface area contributed by atoms with Gasteiger partial charge in [-0.15, -0.1) is 0 Å². The molecule has 6 nitrogen and oxygen atoms in total. The molecular formula is C18H24N2O4. The molecule has 24 heavy (non-hydrogen) atoms. The van der Waals surface area contributed by atoms with Crippen molar-refractivity contribution in [2.45, 2.75) is 33.6 Å². The fraction of sp³-hybridized carbons (Fsp3) is 0.500. The van der Waals surface area contributed by atoms with Crippen molar-refractivity contribution in [3.63, 3.8) is 0 Å². The Kier molecular flexibility index (Phi) is 5.95. The lowest BCUT2D eigenvalue weighted by Crippen LogP contribution is -2.45. The van der Waals surface area contributed by atoms with Crippen LogP contribution in [0.1, 0.15) is 30.9 Å². The number of hydrogen-bond donors (Lipinski definition) is 1. The second-order valence-corrected chi connectivity index (χ2v) is 6.07. The number of nitrogens with zero attached hydrogens (tertiary/aromatic N) is 1. The zero-order valence-corrected chi connectivity index (χ0v) is 14.4. The van der Waals surface area contributed by atoms with Crippen LogP contribution < -0.4 is 5.32 Å². The predicted octanol–water partition coefficient (Wildman–Crippen LogP) is 2.04. The SMILES string of the molecule is CCOC(=O)C1CCN(C(=O)C(=O)Nc2ccc(C)c(C)c2)CC1. The van der Waals surface area contributed by atoms with E-state index in [0.29, 0.717) is 38.2 Å². The second kappa shape index (κ2) is 7.95. The predicted molar refractivity (Wildman–Crippen MR) is 90.5 cm³/mol. The van der Waals surface area contributed by atoms with Crippen molar-refractivity contribution in [3.05, 3.63) is 29.3 Å². The van der Waals surface area contributed by atoms with Crippen molar-refractivity contribution in [1.29, 1.82) is 0 Å². The third kappa shape index (κ3) is 4.34. The van der Waals surface area contributed by atoms with E-state index < -0.39 is 11.8 Å². The zero-order chi connectivity index (χ0) is 17.7. The summed E-state index contributed by atoms with van der Waals surface area (Å²) in [5, 5.41) is 2.64. The van der Waals surface area contributed by atoms with E-state index in [4.69, 9.17) is 4.74 Å². The van der Waals surface area contributed by atoms with Crippen LogP contribution in [0.15, 0.2) is 18.2 Å². The second-order valence-electron chi connectivity index (χ2n) is 6.07. The van der Waals surface area contributed by atoms with Crippen LogP contribution in [0.5, 0.6) is 0 Å². The molecule has 1 saturated heterocycles. The molecule has 130 valence electrons. The normalized spacial score (nSPS) is 15.0. The summed E-state index contributed by atoms with van der Waals surface area (Å²) < 4.78 is 5.00. The number of nitrogens with one attached hydrogen (secondary N) is 1. The Balaban J connectivity index is 1.89. The van der Waals surface area contributed by atoms with Crippen molar-refractivity contribution >= 4 is 23.5 Å². The van der Waals surface area contributed by atoms with E-state index in [-0.39, 0.29) is 11.9 Å². The van der Waals surface area contributed by atoms with Crippen molar-refractivity contribution < 1.29 is 19.1 Å². The van der Waals surface area contributed by atoms with Gasteiger partial charge in [-0.25, -0.2) is 0 Å². The highest BCUT2D eigenvalue weighted by Gasteiger charge is 2.30. The molecule has 1 N–H and O–H groups in total. The molecule has 0 unspecified atom stereocenters. The Morgan fingerprint density at radius 1 is 1.17 bits per heavy atom. The Morgan fingerprint density at radius 3 is 2.42 bits per heavy atom. The molecule has 0 saturated carbocycles. The van der Waals surface area contributed by atoms with Gasteiger partial charge in [0.2, 0.25) is 0 Å². The van der Waals surface area contributed by atoms with E-state index in [1.165, 1.54) is 4.90 Å². The third-order valence-electron chi connectivity index (χ3n) is 4.36. The molecule has 0 aromatic heterocycles. The van der Waals surface area contributed by atoms with Crippen molar-refractivity contribution in [2.75, 3.05) is 25.0 Å². The number of likely N-dealkylation sites (tertiary alicyclic amines) is 1. The fourth-order valence-corrected chi connectivity index (χ4v) is 2.73. The van der Waals surface area contributed by atoms with Gasteiger partial charge in [-0.05, 0) is 56.9 Å². The van der Waals surface area contributed by atoms with Gasteiger partial charge in [0.05, 0.1) is 12.5 Å². The highest BCUT2D eigenvalue weighted by molar-refractivity contribution is 6.39. The average molecular weight is 332 g/mol. The maximum Gasteiger partial charge on any atom is 0.313 e. The van der Waals surface area contributed by atoms with Gasteiger partial charge in [0.1, 0.15) is 0 Å². The first-order chi connectivity index (χ1) is 11.4. The van der Waals surface area contributed by atoms with E-state index >= 15 is 0 Å². The summed E-state index contributed by atoms with van der Waals surface area (Å²) in [6.07, 6.45) is 1.06. The van der Waals surface area contributed by atoms with E-state index in [1.807, 2.05) is 26.0 Å². The third-order valence-corrected chi connectivity index (χ3v) is 4.36. The highest BCUT2D eigenvalue weighted by Crippen LogP contribution is 2.19. The van der Waals surface area contributed by atoms with Crippen LogP contribution in [0, 0.1) is 19.8 Å². The first-order valence-corrected chi connectivity index (χ1v) is 8.26. The Morgan fingerprint density at radius 2 is 1.83 bits per heavy atom. The number of carbonyl (C=O) groups is 3. The summed E-state index contributed by atoms with van der Waals surface area (Å²) in [7, 11) is 0. The number of aryl methyl sites for hydroxylation is 2. The number of amides is 2. The smallest absolute Gasteiger partial charge is 0.313 e. The summed E-state index contributed by atoms with van der Waals surface area (Å²) >= 11 is 0. The standard InChI is InChI=1S/C18H24N2O4/c1-4-24-18(23)14-7-9-20(10-8-14)17(22)16(21)19-15-6-5-12(2)13(3)11-15/h5-6,11,14H,4,7-10H2,1-3H3,(H,19,21). The fourth-order valence-electron chi connectivity index (χ4n) is 2.73. The minimum Gasteiger partial charge on any atom is -0.466 e. The number of benzene rings is 1. The molecule has 1 aromatic carbocycles. The molecule has 2 amide bonds. The van der Waals surface area contributed by atoms with Gasteiger partial charge in [-0.3, -0.25) is 14.4 Å². The number of anilines is 1. The first-order valence-electron chi connectivity index (χ1n) is 8.26. The summed E-state index contributed by atoms with van der Waals surface area (Å²) in [6.45, 7) is 6.85. The van der Waals surface area contributed by atoms with Gasteiger partial charge in [-0.1, -0.05) is 6.07 Å². The molecule has 6 heteroatoms. The first kappa shape index (κ1) is 18.0. The van der Waals surface area contributed by atoms with Crippen LogP contribution in [0.25, 0.3) is 0 Å². The molecule has 1 heterocycles. The van der Waals surface area contributed by atoms with Crippen molar-refractivity contribution in [3.8, 4) is 0 Å². The number of rotatable bonds is 3. The molecule has 1 aliphatic rings. The maximum atomic E-state index is 12.3. The molecule has 1 fully saturated rings. The zero-order valence-electron chi connectivity index (χ0n) is 14.4. The molecule has 0 spiro atoms. The van der Waals surface area contributed by atoms with Crippen LogP contribution in [-0.4, -0.2) is 42.4 Å². The van der Waals surface area contributed by atoms with Gasteiger partial charge in [0.15, 0.2) is 0 Å². The minimum atomic E-state index is -0.646. The van der Waals surface area contributed by atoms with E-state index in [0.717, 1.165) is 11.1 Å². The molecule has 2 rings (SSSR count).